The third-order valence-corrected chi connectivity index (χ3v) is 6.12. The van der Waals surface area contributed by atoms with Crippen molar-refractivity contribution < 1.29 is 28.5 Å². The van der Waals surface area contributed by atoms with Gasteiger partial charge in [-0.3, -0.25) is 0 Å². The van der Waals surface area contributed by atoms with E-state index in [9.17, 15) is 0 Å². The summed E-state index contributed by atoms with van der Waals surface area (Å²) in [4.78, 5) is 0. The fraction of sp³-hybridized carbons (Fsp3) is 1.00. The average molecular weight is 419 g/mol. The van der Waals surface area contributed by atoms with Crippen molar-refractivity contribution >= 4 is 22.6 Å². The van der Waals surface area contributed by atoms with Crippen molar-refractivity contribution in [3.8, 4) is 0 Å². The first-order valence-corrected chi connectivity index (χ1v) is 6.77. The van der Waals surface area contributed by atoms with Crippen molar-refractivity contribution in [2.75, 3.05) is 27.2 Å². The number of hydrogen-bond donors (Lipinski definition) is 0. The van der Waals surface area contributed by atoms with Crippen LogP contribution in [0, 0.1) is 23.7 Å². The van der Waals surface area contributed by atoms with Gasteiger partial charge >= 0.3 is 0 Å². The molecule has 3 fully saturated rings. The molecule has 1 heterocycles. The van der Waals surface area contributed by atoms with E-state index >= 15 is 0 Å². The van der Waals surface area contributed by atoms with Gasteiger partial charge in [-0.25, -0.2) is 0 Å². The van der Waals surface area contributed by atoms with Crippen LogP contribution in [0.5, 0.6) is 0 Å². The van der Waals surface area contributed by atoms with Gasteiger partial charge in [-0.2, -0.15) is 0 Å². The van der Waals surface area contributed by atoms with Crippen LogP contribution in [-0.4, -0.2) is 35.6 Å². The number of fused-ring (bicyclic) bond motifs is 5. The Bertz CT molecular complexity index is 241. The Kier molecular flexibility index (Phi) is 3.16. The molecule has 82 valence electrons. The van der Waals surface area contributed by atoms with Crippen LogP contribution in [0.25, 0.3) is 0 Å². The van der Waals surface area contributed by atoms with Gasteiger partial charge in [0.25, 0.3) is 0 Å². The van der Waals surface area contributed by atoms with E-state index in [-0.39, 0.29) is 24.0 Å². The van der Waals surface area contributed by atoms with Crippen LogP contribution in [0.1, 0.15) is 12.8 Å². The Hall–Kier alpha value is 1.42. The summed E-state index contributed by atoms with van der Waals surface area (Å²) < 4.78 is 2.31. The van der Waals surface area contributed by atoms with Gasteiger partial charge in [0.15, 0.2) is 0 Å². The molecular weight excluding hydrogens is 400 g/mol. The molecule has 3 heteroatoms. The zero-order valence-corrected chi connectivity index (χ0v) is 13.2. The third-order valence-electron chi connectivity index (χ3n) is 4.68. The van der Waals surface area contributed by atoms with Gasteiger partial charge in [0.05, 0.1) is 27.2 Å². The molecule has 0 N–H and O–H groups in total. The Balaban J connectivity index is 0.000000750. The Morgan fingerprint density at radius 1 is 1.00 bits per heavy atom. The molecule has 0 aromatic rings. The summed E-state index contributed by atoms with van der Waals surface area (Å²) in [7, 11) is 4.83. The first kappa shape index (κ1) is 11.9. The topological polar surface area (TPSA) is 0 Å². The number of rotatable bonds is 0. The summed E-state index contributed by atoms with van der Waals surface area (Å²) >= 11 is 2.71. The summed E-state index contributed by atoms with van der Waals surface area (Å²) in [6.07, 6.45) is 3.11. The molecule has 14 heavy (non-hydrogen) atoms. The lowest BCUT2D eigenvalue weighted by molar-refractivity contribution is -0.881. The van der Waals surface area contributed by atoms with Crippen molar-refractivity contribution in [3.05, 3.63) is 0 Å². The van der Waals surface area contributed by atoms with Crippen molar-refractivity contribution in [1.82, 2.24) is 0 Å². The molecule has 5 unspecified atom stereocenters. The van der Waals surface area contributed by atoms with E-state index in [0.29, 0.717) is 0 Å². The van der Waals surface area contributed by atoms with E-state index in [0.717, 1.165) is 27.6 Å². The molecule has 3 rings (SSSR count). The second kappa shape index (κ2) is 3.72. The fourth-order valence-corrected chi connectivity index (χ4v) is 5.77. The maximum Gasteiger partial charge on any atom is 0.0819 e. The minimum atomic E-state index is 0. The maximum absolute atomic E-state index is 2.71. The van der Waals surface area contributed by atoms with Gasteiger partial charge in [0, 0.05) is 15.8 Å². The standard InChI is InChI=1S/C11H19IN.HI/c1-13(2)5-9-7-3-8(10(9)6-13)11(12)4-7;/h7-11H,3-6H2,1-2H3;1H/q+1;/p-1. The van der Waals surface area contributed by atoms with Crippen molar-refractivity contribution in [2.45, 2.75) is 16.8 Å². The largest absolute Gasteiger partial charge is 1.00 e. The molecule has 0 aromatic heterocycles. The molecule has 2 bridgehead atoms. The van der Waals surface area contributed by atoms with E-state index in [1.54, 1.807) is 6.42 Å². The lowest BCUT2D eigenvalue weighted by Crippen LogP contribution is -3.00. The minimum Gasteiger partial charge on any atom is -1.00 e. The second-order valence-electron chi connectivity index (χ2n) is 6.04. The van der Waals surface area contributed by atoms with Crippen molar-refractivity contribution in [1.29, 1.82) is 0 Å². The zero-order valence-electron chi connectivity index (χ0n) is 8.92. The second-order valence-corrected chi connectivity index (χ2v) is 7.64. The molecule has 1 aliphatic heterocycles. The molecule has 0 radical (unpaired) electrons. The van der Waals surface area contributed by atoms with Crippen LogP contribution >= 0.6 is 22.6 Å². The van der Waals surface area contributed by atoms with Crippen LogP contribution in [0.3, 0.4) is 0 Å². The summed E-state index contributed by atoms with van der Waals surface area (Å²) in [5.74, 6) is 4.40. The van der Waals surface area contributed by atoms with Crippen molar-refractivity contribution in [2.24, 2.45) is 23.7 Å². The predicted molar refractivity (Wildman–Crippen MR) is 62.8 cm³/mol. The predicted octanol–water partition coefficient (Wildman–Crippen LogP) is -0.844. The Morgan fingerprint density at radius 2 is 1.64 bits per heavy atom. The first-order chi connectivity index (χ1) is 6.07. The monoisotopic (exact) mass is 419 g/mol. The summed E-state index contributed by atoms with van der Waals surface area (Å²) in [5.41, 5.74) is 0. The van der Waals surface area contributed by atoms with Gasteiger partial charge < -0.3 is 28.5 Å². The number of alkyl halides is 1. The molecule has 3 aliphatic rings. The number of halogens is 2. The van der Waals surface area contributed by atoms with Crippen LogP contribution in [0.15, 0.2) is 0 Å². The van der Waals surface area contributed by atoms with Crippen LogP contribution in [-0.2, 0) is 0 Å². The van der Waals surface area contributed by atoms with Crippen LogP contribution < -0.4 is 24.0 Å². The van der Waals surface area contributed by atoms with E-state index in [1.165, 1.54) is 24.0 Å². The molecule has 0 spiro atoms. The van der Waals surface area contributed by atoms with Gasteiger partial charge in [-0.1, -0.05) is 22.6 Å². The van der Waals surface area contributed by atoms with Gasteiger partial charge in [-0.15, -0.1) is 0 Å². The molecule has 0 amide bonds. The highest BCUT2D eigenvalue weighted by molar-refractivity contribution is 14.1. The SMILES string of the molecule is C[N+]1(C)CC2C3CC(I)C(C3)C2C1.[I-]. The molecule has 2 saturated carbocycles. The van der Waals surface area contributed by atoms with Gasteiger partial charge in [-0.05, 0) is 24.7 Å². The number of nitrogens with zero attached hydrogens (tertiary/aromatic N) is 1. The Labute approximate surface area is 118 Å². The summed E-state index contributed by atoms with van der Waals surface area (Å²) in [5, 5.41) is 0. The minimum absolute atomic E-state index is 0. The molecule has 2 aliphatic carbocycles. The van der Waals surface area contributed by atoms with Gasteiger partial charge in [0.1, 0.15) is 0 Å². The highest BCUT2D eigenvalue weighted by atomic mass is 127. The van der Waals surface area contributed by atoms with Crippen molar-refractivity contribution in [3.63, 3.8) is 0 Å². The molecule has 1 saturated heterocycles. The van der Waals surface area contributed by atoms with Crippen LogP contribution in [0.4, 0.5) is 0 Å². The van der Waals surface area contributed by atoms with E-state index < -0.39 is 0 Å². The highest BCUT2D eigenvalue weighted by Crippen LogP contribution is 2.58. The smallest absolute Gasteiger partial charge is 0.0819 e. The van der Waals surface area contributed by atoms with E-state index in [4.69, 9.17) is 0 Å². The molecular formula is C11H19I2N. The lowest BCUT2D eigenvalue weighted by atomic mass is 9.82. The van der Waals surface area contributed by atoms with Gasteiger partial charge in [0.2, 0.25) is 0 Å². The van der Waals surface area contributed by atoms with E-state index in [1.807, 2.05) is 0 Å². The van der Waals surface area contributed by atoms with Crippen LogP contribution in [0.2, 0.25) is 0 Å². The first-order valence-electron chi connectivity index (χ1n) is 5.53. The maximum atomic E-state index is 2.71. The summed E-state index contributed by atoms with van der Waals surface area (Å²) in [6.45, 7) is 2.93. The molecule has 0 aromatic carbocycles. The molecule has 5 atom stereocenters. The number of hydrogen-bond acceptors (Lipinski definition) is 0. The zero-order chi connectivity index (χ0) is 9.22. The van der Waals surface area contributed by atoms with E-state index in [2.05, 4.69) is 36.7 Å². The normalized spacial score (nSPS) is 52.9. The summed E-state index contributed by atoms with van der Waals surface area (Å²) in [6, 6.07) is 0. The number of quaternary nitrogens is 1. The highest BCUT2D eigenvalue weighted by Gasteiger charge is 2.58. The lowest BCUT2D eigenvalue weighted by Gasteiger charge is -2.25. The molecule has 1 nitrogen and oxygen atoms in total. The number of likely N-dealkylation sites (tertiary alicyclic amines) is 1. The average Bonchev–Trinajstić information content (AvgIpc) is 2.56. The Morgan fingerprint density at radius 3 is 2.36 bits per heavy atom. The quantitative estimate of drug-likeness (QED) is 0.273. The fourth-order valence-electron chi connectivity index (χ4n) is 4.29. The third kappa shape index (κ3) is 1.65.